The van der Waals surface area contributed by atoms with Gasteiger partial charge in [0.05, 0.1) is 5.69 Å². The molecule has 1 aliphatic rings. The molecule has 1 aromatic heterocycles. The number of carbonyl (C=O) groups excluding carboxylic acids is 1. The standard InChI is InChI=1S/C14H13ClFN3O/c15-8-3-9(16)5-11(4-8)18-14(20)13-6-10(17)7-19(13)12-1-2-12/h3-7,12H,1-2,17H2,(H,18,20). The Balaban J connectivity index is 1.85. The van der Waals surface area contributed by atoms with Gasteiger partial charge in [-0.15, -0.1) is 0 Å². The van der Waals surface area contributed by atoms with Crippen LogP contribution in [-0.2, 0) is 0 Å². The van der Waals surface area contributed by atoms with Crippen LogP contribution in [-0.4, -0.2) is 10.5 Å². The lowest BCUT2D eigenvalue weighted by atomic mass is 10.3. The van der Waals surface area contributed by atoms with Crippen LogP contribution in [0.5, 0.6) is 0 Å². The Kier molecular flexibility index (Phi) is 3.14. The minimum Gasteiger partial charge on any atom is -0.397 e. The van der Waals surface area contributed by atoms with E-state index in [1.807, 2.05) is 4.57 Å². The van der Waals surface area contributed by atoms with Crippen LogP contribution >= 0.6 is 11.6 Å². The largest absolute Gasteiger partial charge is 0.397 e. The van der Waals surface area contributed by atoms with Crippen molar-refractivity contribution in [3.63, 3.8) is 0 Å². The van der Waals surface area contributed by atoms with E-state index in [2.05, 4.69) is 5.32 Å². The van der Waals surface area contributed by atoms with Crippen molar-refractivity contribution in [1.82, 2.24) is 4.57 Å². The Morgan fingerprint density at radius 1 is 1.35 bits per heavy atom. The highest BCUT2D eigenvalue weighted by molar-refractivity contribution is 6.31. The van der Waals surface area contributed by atoms with Gasteiger partial charge < -0.3 is 15.6 Å². The van der Waals surface area contributed by atoms with Crippen molar-refractivity contribution in [1.29, 1.82) is 0 Å². The fourth-order valence-electron chi connectivity index (χ4n) is 2.16. The van der Waals surface area contributed by atoms with E-state index in [1.165, 1.54) is 18.2 Å². The molecular formula is C14H13ClFN3O. The molecule has 0 unspecified atom stereocenters. The molecule has 20 heavy (non-hydrogen) atoms. The summed E-state index contributed by atoms with van der Waals surface area (Å²) in [6, 6.07) is 5.86. The van der Waals surface area contributed by atoms with Gasteiger partial charge in [0.25, 0.3) is 5.91 Å². The lowest BCUT2D eigenvalue weighted by molar-refractivity contribution is 0.101. The van der Waals surface area contributed by atoms with Crippen LogP contribution in [0.3, 0.4) is 0 Å². The average molecular weight is 294 g/mol. The van der Waals surface area contributed by atoms with Crippen LogP contribution in [0.2, 0.25) is 5.02 Å². The Morgan fingerprint density at radius 3 is 2.75 bits per heavy atom. The number of hydrogen-bond acceptors (Lipinski definition) is 2. The Morgan fingerprint density at radius 2 is 2.10 bits per heavy atom. The molecule has 1 fully saturated rings. The molecule has 0 bridgehead atoms. The smallest absolute Gasteiger partial charge is 0.272 e. The molecule has 3 rings (SSSR count). The molecule has 0 aliphatic heterocycles. The van der Waals surface area contributed by atoms with Gasteiger partial charge in [0, 0.05) is 22.9 Å². The zero-order chi connectivity index (χ0) is 14.3. The first kappa shape index (κ1) is 13.0. The molecule has 4 nitrogen and oxygen atoms in total. The molecule has 0 spiro atoms. The molecule has 1 heterocycles. The van der Waals surface area contributed by atoms with Crippen molar-refractivity contribution in [3.05, 3.63) is 47.0 Å². The fraction of sp³-hybridized carbons (Fsp3) is 0.214. The number of carbonyl (C=O) groups is 1. The van der Waals surface area contributed by atoms with E-state index in [4.69, 9.17) is 17.3 Å². The number of nitrogens with one attached hydrogen (secondary N) is 1. The van der Waals surface area contributed by atoms with Gasteiger partial charge in [0.15, 0.2) is 0 Å². The van der Waals surface area contributed by atoms with E-state index in [9.17, 15) is 9.18 Å². The predicted octanol–water partition coefficient (Wildman–Crippen LogP) is 3.45. The first-order chi connectivity index (χ1) is 9.52. The number of anilines is 2. The van der Waals surface area contributed by atoms with Gasteiger partial charge in [-0.1, -0.05) is 11.6 Å². The lowest BCUT2D eigenvalue weighted by Crippen LogP contribution is -2.16. The van der Waals surface area contributed by atoms with E-state index in [0.717, 1.165) is 12.8 Å². The van der Waals surface area contributed by atoms with Crippen molar-refractivity contribution >= 4 is 28.9 Å². The summed E-state index contributed by atoms with van der Waals surface area (Å²) in [5.74, 6) is -0.819. The van der Waals surface area contributed by atoms with Gasteiger partial charge in [0.1, 0.15) is 11.5 Å². The minimum absolute atomic E-state index is 0.234. The quantitative estimate of drug-likeness (QED) is 0.910. The molecule has 1 aromatic carbocycles. The van der Waals surface area contributed by atoms with Crippen molar-refractivity contribution in [2.75, 3.05) is 11.1 Å². The first-order valence-corrected chi connectivity index (χ1v) is 6.65. The first-order valence-electron chi connectivity index (χ1n) is 6.28. The third-order valence-corrected chi connectivity index (χ3v) is 3.38. The average Bonchev–Trinajstić information content (AvgIpc) is 3.11. The number of rotatable bonds is 3. The zero-order valence-electron chi connectivity index (χ0n) is 10.6. The molecule has 0 saturated heterocycles. The molecule has 6 heteroatoms. The number of nitrogen functional groups attached to an aromatic ring is 1. The van der Waals surface area contributed by atoms with Gasteiger partial charge in [-0.2, -0.15) is 0 Å². The van der Waals surface area contributed by atoms with Crippen LogP contribution in [0, 0.1) is 5.82 Å². The fourth-order valence-corrected chi connectivity index (χ4v) is 2.38. The molecule has 0 radical (unpaired) electrons. The van der Waals surface area contributed by atoms with Gasteiger partial charge in [0.2, 0.25) is 0 Å². The van der Waals surface area contributed by atoms with Crippen molar-refractivity contribution in [3.8, 4) is 0 Å². The number of halogens is 2. The molecule has 1 aliphatic carbocycles. The summed E-state index contributed by atoms with van der Waals surface area (Å²) >= 11 is 5.76. The zero-order valence-corrected chi connectivity index (χ0v) is 11.3. The summed E-state index contributed by atoms with van der Waals surface area (Å²) in [6.45, 7) is 0. The third kappa shape index (κ3) is 2.63. The Bertz CT molecular complexity index is 659. The maximum atomic E-state index is 13.2. The van der Waals surface area contributed by atoms with Gasteiger partial charge in [-0.05, 0) is 37.1 Å². The van der Waals surface area contributed by atoms with E-state index in [1.54, 1.807) is 12.3 Å². The van der Waals surface area contributed by atoms with E-state index in [0.29, 0.717) is 23.1 Å². The number of nitrogens with two attached hydrogens (primary N) is 1. The highest BCUT2D eigenvalue weighted by atomic mass is 35.5. The number of nitrogens with zero attached hydrogens (tertiary/aromatic N) is 1. The Labute approximate surface area is 120 Å². The number of benzene rings is 1. The number of hydrogen-bond donors (Lipinski definition) is 2. The minimum atomic E-state index is -0.495. The second kappa shape index (κ2) is 4.83. The monoisotopic (exact) mass is 293 g/mol. The van der Waals surface area contributed by atoms with Crippen molar-refractivity contribution in [2.45, 2.75) is 18.9 Å². The van der Waals surface area contributed by atoms with Gasteiger partial charge >= 0.3 is 0 Å². The summed E-state index contributed by atoms with van der Waals surface area (Å²) in [7, 11) is 0. The highest BCUT2D eigenvalue weighted by Crippen LogP contribution is 2.37. The molecule has 1 saturated carbocycles. The van der Waals surface area contributed by atoms with Crippen LogP contribution < -0.4 is 11.1 Å². The summed E-state index contributed by atoms with van der Waals surface area (Å²) in [6.07, 6.45) is 3.84. The van der Waals surface area contributed by atoms with Crippen molar-refractivity contribution in [2.24, 2.45) is 0 Å². The van der Waals surface area contributed by atoms with Crippen LogP contribution in [0.4, 0.5) is 15.8 Å². The summed E-state index contributed by atoms with van der Waals surface area (Å²) < 4.78 is 15.1. The van der Waals surface area contributed by atoms with E-state index >= 15 is 0 Å². The van der Waals surface area contributed by atoms with Crippen LogP contribution in [0.25, 0.3) is 0 Å². The summed E-state index contributed by atoms with van der Waals surface area (Å²) in [5, 5.41) is 2.87. The molecule has 2 aromatic rings. The summed E-state index contributed by atoms with van der Waals surface area (Å²) in [4.78, 5) is 12.3. The molecule has 104 valence electrons. The number of aromatic nitrogens is 1. The van der Waals surface area contributed by atoms with Gasteiger partial charge in [-0.3, -0.25) is 4.79 Å². The highest BCUT2D eigenvalue weighted by Gasteiger charge is 2.27. The van der Waals surface area contributed by atoms with Crippen molar-refractivity contribution < 1.29 is 9.18 Å². The van der Waals surface area contributed by atoms with E-state index < -0.39 is 5.82 Å². The third-order valence-electron chi connectivity index (χ3n) is 3.16. The summed E-state index contributed by atoms with van der Waals surface area (Å²) in [5.41, 5.74) is 7.08. The maximum Gasteiger partial charge on any atom is 0.272 e. The molecule has 3 N–H and O–H groups in total. The molecular weight excluding hydrogens is 281 g/mol. The maximum absolute atomic E-state index is 13.2. The van der Waals surface area contributed by atoms with Crippen LogP contribution in [0.15, 0.2) is 30.5 Å². The SMILES string of the molecule is Nc1cc(C(=O)Nc2cc(F)cc(Cl)c2)n(C2CC2)c1. The second-order valence-corrected chi connectivity index (χ2v) is 5.35. The molecule has 1 amide bonds. The Hall–Kier alpha value is -2.01. The van der Waals surface area contributed by atoms with Gasteiger partial charge in [-0.25, -0.2) is 4.39 Å². The second-order valence-electron chi connectivity index (χ2n) is 4.91. The number of amides is 1. The predicted molar refractivity (Wildman–Crippen MR) is 76.5 cm³/mol. The topological polar surface area (TPSA) is 60.1 Å². The normalized spacial score (nSPS) is 14.3. The lowest BCUT2D eigenvalue weighted by Gasteiger charge is -2.09. The molecule has 0 atom stereocenters. The van der Waals surface area contributed by atoms with E-state index in [-0.39, 0.29) is 10.9 Å². The van der Waals surface area contributed by atoms with Crippen LogP contribution in [0.1, 0.15) is 29.4 Å².